The molecule has 326 valence electrons. The molecule has 0 radical (unpaired) electrons. The number of likely N-dealkylation sites (tertiary alicyclic amines) is 1. The molecule has 4 saturated heterocycles. The number of nitrogens with two attached hydrogens (primary N) is 1. The number of amides is 5. The summed E-state index contributed by atoms with van der Waals surface area (Å²) in [7, 11) is 0. The first-order chi connectivity index (χ1) is 30.8. The number of aromatic nitrogens is 4. The van der Waals surface area contributed by atoms with Gasteiger partial charge in [-0.3, -0.25) is 24.6 Å². The summed E-state index contributed by atoms with van der Waals surface area (Å²) in [5.41, 5.74) is 11.4. The van der Waals surface area contributed by atoms with Crippen molar-refractivity contribution in [2.75, 3.05) is 69.5 Å². The fourth-order valence-electron chi connectivity index (χ4n) is 10.1. The second-order valence-corrected chi connectivity index (χ2v) is 17.5. The average Bonchev–Trinajstić information content (AvgIpc) is 3.87. The van der Waals surface area contributed by atoms with E-state index >= 15 is 0 Å². The van der Waals surface area contributed by atoms with Crippen molar-refractivity contribution in [3.8, 4) is 22.8 Å². The molecule has 2 atom stereocenters. The van der Waals surface area contributed by atoms with E-state index in [2.05, 4.69) is 31.2 Å². The van der Waals surface area contributed by atoms with Crippen molar-refractivity contribution in [3.05, 3.63) is 90.3 Å². The SMILES string of the molecule is Nc1ncnc2c1c(-c1ccc(Oc3ccccc3)cc1)nn2C1CCCN(C(=O)N2CCN(CCC3CCN(c4ccc5c(c4)CN(C4CCC(=O)NC4=O)C5=O)CC3)CC2)C1. The van der Waals surface area contributed by atoms with Gasteiger partial charge in [0.25, 0.3) is 5.91 Å². The molecule has 7 heterocycles. The minimum atomic E-state index is -0.604. The third-order valence-electron chi connectivity index (χ3n) is 13.6. The molecule has 0 aliphatic carbocycles. The fraction of sp³-hybridized carbons (Fsp3) is 0.426. The number of imide groups is 1. The molecule has 0 spiro atoms. The molecule has 4 fully saturated rings. The van der Waals surface area contributed by atoms with Crippen LogP contribution in [0.5, 0.6) is 11.5 Å². The van der Waals surface area contributed by atoms with Gasteiger partial charge in [0.1, 0.15) is 35.4 Å². The summed E-state index contributed by atoms with van der Waals surface area (Å²) in [5.74, 6) is 1.68. The van der Waals surface area contributed by atoms with Crippen LogP contribution in [0.15, 0.2) is 79.1 Å². The van der Waals surface area contributed by atoms with E-state index < -0.39 is 6.04 Å². The summed E-state index contributed by atoms with van der Waals surface area (Å²) in [6.45, 7) is 7.75. The number of nitrogens with one attached hydrogen (secondary N) is 1. The molecule has 2 aromatic heterocycles. The van der Waals surface area contributed by atoms with E-state index in [0.29, 0.717) is 73.2 Å². The van der Waals surface area contributed by atoms with E-state index in [9.17, 15) is 19.2 Å². The Morgan fingerprint density at radius 2 is 1.60 bits per heavy atom. The van der Waals surface area contributed by atoms with Crippen LogP contribution in [-0.4, -0.2) is 128 Å². The van der Waals surface area contributed by atoms with Crippen LogP contribution in [0.25, 0.3) is 22.3 Å². The summed E-state index contributed by atoms with van der Waals surface area (Å²) in [6, 6.07) is 22.9. The number of ether oxygens (including phenoxy) is 1. The van der Waals surface area contributed by atoms with E-state index in [-0.39, 0.29) is 36.2 Å². The zero-order chi connectivity index (χ0) is 43.0. The van der Waals surface area contributed by atoms with Crippen molar-refractivity contribution >= 4 is 46.3 Å². The fourth-order valence-corrected chi connectivity index (χ4v) is 10.1. The minimum absolute atomic E-state index is 0.0519. The van der Waals surface area contributed by atoms with Crippen LogP contribution in [0.2, 0.25) is 0 Å². The highest BCUT2D eigenvalue weighted by Gasteiger charge is 2.39. The van der Waals surface area contributed by atoms with E-state index in [0.717, 1.165) is 93.1 Å². The molecule has 0 saturated carbocycles. The number of hydrogen-bond donors (Lipinski definition) is 2. The maximum Gasteiger partial charge on any atom is 0.320 e. The van der Waals surface area contributed by atoms with Crippen LogP contribution < -0.4 is 20.7 Å². The monoisotopic (exact) mass is 851 g/mol. The van der Waals surface area contributed by atoms with Gasteiger partial charge in [0.2, 0.25) is 11.8 Å². The molecule has 2 unspecified atom stereocenters. The smallest absolute Gasteiger partial charge is 0.320 e. The van der Waals surface area contributed by atoms with Crippen LogP contribution in [0.4, 0.5) is 16.3 Å². The first-order valence-electron chi connectivity index (χ1n) is 22.4. The number of hydrogen-bond acceptors (Lipinski definition) is 11. The average molecular weight is 852 g/mol. The Morgan fingerprint density at radius 1 is 0.825 bits per heavy atom. The highest BCUT2D eigenvalue weighted by Crippen LogP contribution is 2.36. The Kier molecular flexibility index (Phi) is 11.1. The molecule has 3 N–H and O–H groups in total. The van der Waals surface area contributed by atoms with Gasteiger partial charge in [-0.1, -0.05) is 18.2 Å². The van der Waals surface area contributed by atoms with Crippen molar-refractivity contribution in [2.24, 2.45) is 5.92 Å². The third kappa shape index (κ3) is 8.26. The van der Waals surface area contributed by atoms with Crippen LogP contribution >= 0.6 is 0 Å². The number of fused-ring (bicyclic) bond motifs is 2. The molecule has 5 aromatic rings. The van der Waals surface area contributed by atoms with Gasteiger partial charge in [-0.25, -0.2) is 19.4 Å². The first kappa shape index (κ1) is 40.5. The number of anilines is 2. The lowest BCUT2D eigenvalue weighted by Gasteiger charge is -2.40. The second-order valence-electron chi connectivity index (χ2n) is 17.5. The Balaban J connectivity index is 0.700. The number of piperazine rings is 1. The Labute approximate surface area is 366 Å². The Hall–Kier alpha value is -6.55. The van der Waals surface area contributed by atoms with Gasteiger partial charge in [0.15, 0.2) is 5.65 Å². The second kappa shape index (κ2) is 17.3. The summed E-state index contributed by atoms with van der Waals surface area (Å²) < 4.78 is 7.96. The van der Waals surface area contributed by atoms with Gasteiger partial charge in [-0.15, -0.1) is 0 Å². The summed E-state index contributed by atoms with van der Waals surface area (Å²) >= 11 is 0. The number of rotatable bonds is 9. The first-order valence-corrected chi connectivity index (χ1v) is 22.4. The molecule has 63 heavy (non-hydrogen) atoms. The van der Waals surface area contributed by atoms with Crippen molar-refractivity contribution < 1.29 is 23.9 Å². The van der Waals surface area contributed by atoms with Crippen LogP contribution in [0.1, 0.15) is 66.9 Å². The van der Waals surface area contributed by atoms with Crippen LogP contribution in [0, 0.1) is 5.92 Å². The Bertz CT molecular complexity index is 2510. The lowest BCUT2D eigenvalue weighted by atomic mass is 9.92. The molecule has 3 aromatic carbocycles. The predicted octanol–water partition coefficient (Wildman–Crippen LogP) is 5.31. The molecule has 5 amide bonds. The van der Waals surface area contributed by atoms with Gasteiger partial charge in [-0.2, -0.15) is 5.10 Å². The lowest BCUT2D eigenvalue weighted by molar-refractivity contribution is -0.136. The molecule has 16 nitrogen and oxygen atoms in total. The number of urea groups is 1. The van der Waals surface area contributed by atoms with E-state index in [4.69, 9.17) is 15.6 Å². The van der Waals surface area contributed by atoms with Gasteiger partial charge < -0.3 is 30.1 Å². The number of benzene rings is 3. The molecule has 5 aliphatic rings. The van der Waals surface area contributed by atoms with Gasteiger partial charge >= 0.3 is 6.03 Å². The highest BCUT2D eigenvalue weighted by molar-refractivity contribution is 6.05. The number of piperidine rings is 3. The molecular formula is C47H53N11O5. The number of para-hydroxylation sites is 1. The molecule has 0 bridgehead atoms. The molecule has 16 heteroatoms. The van der Waals surface area contributed by atoms with Crippen molar-refractivity contribution in [1.82, 2.24) is 44.7 Å². The van der Waals surface area contributed by atoms with E-state index in [1.165, 1.54) is 6.33 Å². The summed E-state index contributed by atoms with van der Waals surface area (Å²) in [5, 5.41) is 8.18. The van der Waals surface area contributed by atoms with Gasteiger partial charge in [0.05, 0.1) is 11.4 Å². The van der Waals surface area contributed by atoms with Gasteiger partial charge in [-0.05, 0) is 111 Å². The lowest BCUT2D eigenvalue weighted by Crippen LogP contribution is -2.54. The predicted molar refractivity (Wildman–Crippen MR) is 237 cm³/mol. The van der Waals surface area contributed by atoms with Gasteiger partial charge in [0, 0.05) is 82.1 Å². The zero-order valence-corrected chi connectivity index (χ0v) is 35.4. The number of carbonyl (C=O) groups is 4. The maximum atomic E-state index is 14.0. The van der Waals surface area contributed by atoms with Crippen molar-refractivity contribution in [2.45, 2.75) is 63.6 Å². The zero-order valence-electron chi connectivity index (χ0n) is 35.4. The van der Waals surface area contributed by atoms with Crippen LogP contribution in [0.3, 0.4) is 0 Å². The quantitative estimate of drug-likeness (QED) is 0.184. The summed E-state index contributed by atoms with van der Waals surface area (Å²) in [4.78, 5) is 70.8. The number of nitrogen functional groups attached to an aromatic ring is 1. The van der Waals surface area contributed by atoms with E-state index in [1.807, 2.05) is 81.2 Å². The maximum absolute atomic E-state index is 14.0. The highest BCUT2D eigenvalue weighted by atomic mass is 16.5. The summed E-state index contributed by atoms with van der Waals surface area (Å²) in [6.07, 6.45) is 7.18. The largest absolute Gasteiger partial charge is 0.457 e. The Morgan fingerprint density at radius 3 is 2.38 bits per heavy atom. The topological polar surface area (TPSA) is 175 Å². The van der Waals surface area contributed by atoms with Crippen molar-refractivity contribution in [1.29, 1.82) is 0 Å². The van der Waals surface area contributed by atoms with Crippen LogP contribution in [-0.2, 0) is 16.1 Å². The third-order valence-corrected chi connectivity index (χ3v) is 13.6. The molecule has 5 aliphatic heterocycles. The standard InChI is InChI=1S/C47H53N11O5/c48-43-41-42(32-8-11-37(12-9-32)63-36-6-2-1-3-7-36)52-58(44(41)50-30-49-43)35-5-4-19-56(29-35)47(62)55-25-23-53(24-26-55)20-16-31-17-21-54(22-18-31)34-10-13-38-33(27-34)28-57(46(38)61)39-14-15-40(59)51-45(39)60/h1-3,6-13,27,30-31,35,39H,4-5,14-26,28-29H2,(H2,48,49,50)(H,51,59,60). The van der Waals surface area contributed by atoms with E-state index in [1.54, 1.807) is 4.90 Å². The number of nitrogens with zero attached hydrogens (tertiary/aromatic N) is 9. The van der Waals surface area contributed by atoms with Crippen molar-refractivity contribution in [3.63, 3.8) is 0 Å². The minimum Gasteiger partial charge on any atom is -0.457 e. The molecular weight excluding hydrogens is 799 g/mol. The molecule has 10 rings (SSSR count). The number of carbonyl (C=O) groups excluding carboxylic acids is 4. The normalized spacial score (nSPS) is 21.2.